The first-order valence-electron chi connectivity index (χ1n) is 6.76. The van der Waals surface area contributed by atoms with Gasteiger partial charge in [0.05, 0.1) is 12.7 Å². The molecule has 1 saturated heterocycles. The Labute approximate surface area is 116 Å². The summed E-state index contributed by atoms with van der Waals surface area (Å²) in [6, 6.07) is 0. The van der Waals surface area contributed by atoms with Gasteiger partial charge in [-0.15, -0.1) is 0 Å². The lowest BCUT2D eigenvalue weighted by Gasteiger charge is -2.14. The zero-order valence-electron chi connectivity index (χ0n) is 11.4. The van der Waals surface area contributed by atoms with Crippen LogP contribution in [0.2, 0.25) is 0 Å². The van der Waals surface area contributed by atoms with E-state index in [2.05, 4.69) is 16.8 Å². The van der Waals surface area contributed by atoms with E-state index in [4.69, 9.17) is 9.84 Å². The lowest BCUT2D eigenvalue weighted by molar-refractivity contribution is -0.0246. The van der Waals surface area contributed by atoms with Gasteiger partial charge in [0.25, 0.3) is 5.56 Å². The van der Waals surface area contributed by atoms with Crippen LogP contribution < -0.4 is 11.2 Å². The molecule has 0 amide bonds. The van der Waals surface area contributed by atoms with Crippen LogP contribution in [0.25, 0.3) is 0 Å². The van der Waals surface area contributed by atoms with Crippen molar-refractivity contribution in [2.45, 2.75) is 44.9 Å². The standard InChI is InChI=1S/C14H18N2O4/c1-2-3-4-5-10-8-16(14(19)15-13(10)18)12-7-6-11(9-17)20-12/h8,11-12,17H,2-3,6-7,9H2,1H3,(H,15,18,19)/t11-,12+/m0/s1. The number of ether oxygens (including phenoxy) is 1. The van der Waals surface area contributed by atoms with Crippen molar-refractivity contribution in [3.05, 3.63) is 32.6 Å². The molecular weight excluding hydrogens is 260 g/mol. The average Bonchev–Trinajstić information content (AvgIpc) is 2.90. The first-order chi connectivity index (χ1) is 9.65. The van der Waals surface area contributed by atoms with Crippen LogP contribution >= 0.6 is 0 Å². The number of rotatable bonds is 3. The van der Waals surface area contributed by atoms with Gasteiger partial charge in [-0.25, -0.2) is 4.79 Å². The number of aromatic nitrogens is 2. The van der Waals surface area contributed by atoms with Gasteiger partial charge in [-0.3, -0.25) is 14.3 Å². The van der Waals surface area contributed by atoms with E-state index in [0.717, 1.165) is 6.42 Å². The molecule has 1 fully saturated rings. The number of aliphatic hydroxyl groups is 1. The number of aliphatic hydroxyl groups excluding tert-OH is 1. The highest BCUT2D eigenvalue weighted by Crippen LogP contribution is 2.26. The smallest absolute Gasteiger partial charge is 0.330 e. The second kappa shape index (κ2) is 6.55. The van der Waals surface area contributed by atoms with E-state index < -0.39 is 17.5 Å². The van der Waals surface area contributed by atoms with Crippen LogP contribution in [-0.4, -0.2) is 27.4 Å². The molecule has 2 atom stereocenters. The molecule has 1 aromatic heterocycles. The van der Waals surface area contributed by atoms with Crippen molar-refractivity contribution in [2.24, 2.45) is 0 Å². The van der Waals surface area contributed by atoms with E-state index in [1.165, 1.54) is 10.8 Å². The molecule has 1 aliphatic heterocycles. The van der Waals surface area contributed by atoms with Crippen molar-refractivity contribution in [3.8, 4) is 11.8 Å². The molecular formula is C14H18N2O4. The fraction of sp³-hybridized carbons (Fsp3) is 0.571. The number of unbranched alkanes of at least 4 members (excludes halogenated alkanes) is 1. The minimum atomic E-state index is -0.514. The van der Waals surface area contributed by atoms with Crippen molar-refractivity contribution >= 4 is 0 Å². The van der Waals surface area contributed by atoms with Crippen molar-refractivity contribution in [1.29, 1.82) is 0 Å². The molecule has 2 heterocycles. The maximum Gasteiger partial charge on any atom is 0.330 e. The number of hydrogen-bond donors (Lipinski definition) is 2. The minimum absolute atomic E-state index is 0.0717. The molecule has 0 spiro atoms. The van der Waals surface area contributed by atoms with E-state index in [-0.39, 0.29) is 18.3 Å². The fourth-order valence-corrected chi connectivity index (χ4v) is 2.10. The van der Waals surface area contributed by atoms with Crippen LogP contribution in [0.15, 0.2) is 15.8 Å². The zero-order valence-corrected chi connectivity index (χ0v) is 11.4. The number of nitrogens with one attached hydrogen (secondary N) is 1. The minimum Gasteiger partial charge on any atom is -0.394 e. The SMILES string of the molecule is CCCC#Cc1cn([C@H]2CC[C@@H](CO)O2)c(=O)[nH]c1=O. The van der Waals surface area contributed by atoms with E-state index in [0.29, 0.717) is 19.3 Å². The van der Waals surface area contributed by atoms with Crippen molar-refractivity contribution in [2.75, 3.05) is 6.61 Å². The topological polar surface area (TPSA) is 84.3 Å². The monoisotopic (exact) mass is 278 g/mol. The van der Waals surface area contributed by atoms with E-state index in [1.54, 1.807) is 0 Å². The highest BCUT2D eigenvalue weighted by molar-refractivity contribution is 5.29. The van der Waals surface area contributed by atoms with Gasteiger partial charge in [-0.05, 0) is 19.3 Å². The molecule has 1 aromatic rings. The molecule has 0 aromatic carbocycles. The fourth-order valence-electron chi connectivity index (χ4n) is 2.10. The predicted octanol–water partition coefficient (Wildman–Crippen LogP) is 0.358. The Morgan fingerprint density at radius 1 is 1.50 bits per heavy atom. The van der Waals surface area contributed by atoms with Crippen molar-refractivity contribution in [3.63, 3.8) is 0 Å². The van der Waals surface area contributed by atoms with Crippen LogP contribution in [0.3, 0.4) is 0 Å². The molecule has 0 aliphatic carbocycles. The van der Waals surface area contributed by atoms with E-state index >= 15 is 0 Å². The summed E-state index contributed by atoms with van der Waals surface area (Å²) in [7, 11) is 0. The summed E-state index contributed by atoms with van der Waals surface area (Å²) in [4.78, 5) is 25.7. The molecule has 2 rings (SSSR count). The van der Waals surface area contributed by atoms with Crippen LogP contribution in [0.4, 0.5) is 0 Å². The number of H-pyrrole nitrogens is 1. The lowest BCUT2D eigenvalue weighted by Crippen LogP contribution is -2.33. The summed E-state index contributed by atoms with van der Waals surface area (Å²) < 4.78 is 6.88. The molecule has 108 valence electrons. The summed E-state index contributed by atoms with van der Waals surface area (Å²) in [5.74, 6) is 5.65. The van der Waals surface area contributed by atoms with Crippen molar-refractivity contribution in [1.82, 2.24) is 9.55 Å². The van der Waals surface area contributed by atoms with Gasteiger partial charge >= 0.3 is 5.69 Å². The Morgan fingerprint density at radius 2 is 2.30 bits per heavy atom. The molecule has 0 saturated carbocycles. The highest BCUT2D eigenvalue weighted by atomic mass is 16.5. The summed E-state index contributed by atoms with van der Waals surface area (Å²) in [5, 5.41) is 9.05. The molecule has 20 heavy (non-hydrogen) atoms. The maximum absolute atomic E-state index is 11.8. The molecule has 1 aliphatic rings. The predicted molar refractivity (Wildman–Crippen MR) is 73.3 cm³/mol. The van der Waals surface area contributed by atoms with Crippen LogP contribution in [0, 0.1) is 11.8 Å². The Kier molecular flexibility index (Phi) is 4.77. The van der Waals surface area contributed by atoms with Gasteiger partial charge in [0.15, 0.2) is 0 Å². The molecule has 6 heteroatoms. The molecule has 2 N–H and O–H groups in total. The Hall–Kier alpha value is -1.84. The van der Waals surface area contributed by atoms with E-state index in [9.17, 15) is 9.59 Å². The zero-order chi connectivity index (χ0) is 14.5. The normalized spacial score (nSPS) is 21.5. The maximum atomic E-state index is 11.8. The second-order valence-corrected chi connectivity index (χ2v) is 4.73. The van der Waals surface area contributed by atoms with Gasteiger partial charge in [0.2, 0.25) is 0 Å². The number of aromatic amines is 1. The summed E-state index contributed by atoms with van der Waals surface area (Å²) >= 11 is 0. The van der Waals surface area contributed by atoms with Crippen LogP contribution in [0.1, 0.15) is 44.4 Å². The van der Waals surface area contributed by atoms with Gasteiger partial charge < -0.3 is 9.84 Å². The third kappa shape index (κ3) is 3.18. The highest BCUT2D eigenvalue weighted by Gasteiger charge is 2.26. The molecule has 0 radical (unpaired) electrons. The first-order valence-corrected chi connectivity index (χ1v) is 6.76. The Bertz CT molecular complexity index is 635. The number of hydrogen-bond acceptors (Lipinski definition) is 4. The van der Waals surface area contributed by atoms with E-state index in [1.807, 2.05) is 6.92 Å². The lowest BCUT2D eigenvalue weighted by atomic mass is 10.2. The average molecular weight is 278 g/mol. The largest absolute Gasteiger partial charge is 0.394 e. The third-order valence-corrected chi connectivity index (χ3v) is 3.16. The van der Waals surface area contributed by atoms with Crippen LogP contribution in [-0.2, 0) is 4.74 Å². The second-order valence-electron chi connectivity index (χ2n) is 4.73. The van der Waals surface area contributed by atoms with Gasteiger partial charge in [0, 0.05) is 12.6 Å². The van der Waals surface area contributed by atoms with Crippen LogP contribution in [0.5, 0.6) is 0 Å². The molecule has 0 bridgehead atoms. The van der Waals surface area contributed by atoms with Gasteiger partial charge in [-0.2, -0.15) is 0 Å². The molecule has 6 nitrogen and oxygen atoms in total. The Balaban J connectivity index is 2.30. The quantitative estimate of drug-likeness (QED) is 0.782. The summed E-state index contributed by atoms with van der Waals surface area (Å²) in [6.45, 7) is 1.93. The van der Waals surface area contributed by atoms with Gasteiger partial charge in [0.1, 0.15) is 11.8 Å². The Morgan fingerprint density at radius 3 is 2.95 bits per heavy atom. The number of nitrogens with zero attached hydrogens (tertiary/aromatic N) is 1. The summed E-state index contributed by atoms with van der Waals surface area (Å²) in [6.07, 6.45) is 3.65. The third-order valence-electron chi connectivity index (χ3n) is 3.16. The van der Waals surface area contributed by atoms with Crippen molar-refractivity contribution < 1.29 is 9.84 Å². The van der Waals surface area contributed by atoms with Gasteiger partial charge in [-0.1, -0.05) is 18.8 Å². The summed E-state index contributed by atoms with van der Waals surface area (Å²) in [5.41, 5.74) is -0.736. The molecule has 0 unspecified atom stereocenters. The first kappa shape index (κ1) is 14.6.